The normalized spacial score (nSPS) is 9.11. The maximum Gasteiger partial charge on any atom is 0.180 e. The van der Waals surface area contributed by atoms with E-state index in [0.717, 1.165) is 11.3 Å². The highest BCUT2D eigenvalue weighted by molar-refractivity contribution is 5.31. The van der Waals surface area contributed by atoms with Crippen molar-refractivity contribution in [2.45, 2.75) is 6.92 Å². The van der Waals surface area contributed by atoms with Crippen LogP contribution in [0.5, 0.6) is 5.75 Å². The summed E-state index contributed by atoms with van der Waals surface area (Å²) in [5.41, 5.74) is 1.06. The number of aryl methyl sites for hydroxylation is 1. The average Bonchev–Trinajstić information content (AvgIpc) is 1.89. The summed E-state index contributed by atoms with van der Waals surface area (Å²) in [5.74, 6) is 0.734. The average molecular weight is 120 g/mol. The molecule has 1 aromatic rings. The third-order valence-corrected chi connectivity index (χ3v) is 1.22. The van der Waals surface area contributed by atoms with Crippen molar-refractivity contribution in [3.8, 4) is 5.75 Å². The highest BCUT2D eigenvalue weighted by atomic mass is 16.5. The Balaban J connectivity index is 3.01. The fourth-order valence-corrected chi connectivity index (χ4v) is 0.689. The van der Waals surface area contributed by atoms with Gasteiger partial charge in [-0.2, -0.15) is 0 Å². The minimum atomic E-state index is 0.734. The third-order valence-electron chi connectivity index (χ3n) is 1.22. The largest absolute Gasteiger partial charge is 0.482 e. The second-order valence-electron chi connectivity index (χ2n) is 1.88. The van der Waals surface area contributed by atoms with Crippen LogP contribution in [-0.4, -0.2) is 0 Å². The van der Waals surface area contributed by atoms with Crippen molar-refractivity contribution in [3.63, 3.8) is 0 Å². The van der Waals surface area contributed by atoms with Gasteiger partial charge in [0.1, 0.15) is 5.75 Å². The first-order valence-electron chi connectivity index (χ1n) is 2.77. The molecule has 1 aromatic carbocycles. The Hall–Kier alpha value is -0.980. The Morgan fingerprint density at radius 1 is 1.33 bits per heavy atom. The Morgan fingerprint density at radius 3 is 2.44 bits per heavy atom. The summed E-state index contributed by atoms with van der Waals surface area (Å²) in [7, 11) is 4.95. The predicted octanol–water partition coefficient (Wildman–Crippen LogP) is 2.04. The Kier molecular flexibility index (Phi) is 1.73. The monoisotopic (exact) mass is 120 g/mol. The van der Waals surface area contributed by atoms with Crippen molar-refractivity contribution < 1.29 is 4.74 Å². The molecule has 0 saturated heterocycles. The van der Waals surface area contributed by atoms with Crippen LogP contribution in [0.15, 0.2) is 24.3 Å². The maximum atomic E-state index is 4.95. The molecule has 0 spiro atoms. The van der Waals surface area contributed by atoms with Crippen LogP contribution in [0, 0.1) is 14.0 Å². The number of hydrogen-bond donors (Lipinski definition) is 0. The topological polar surface area (TPSA) is 9.23 Å². The summed E-state index contributed by atoms with van der Waals surface area (Å²) in [6.07, 6.45) is 0. The van der Waals surface area contributed by atoms with Gasteiger partial charge in [-0.05, 0) is 18.6 Å². The standard InChI is InChI=1S/C8H8O/c1-7-5-3-4-6-8(7)9-2/h2-6H,1H3. The molecular weight excluding hydrogens is 112 g/mol. The highest BCUT2D eigenvalue weighted by Gasteiger charge is 1.91. The van der Waals surface area contributed by atoms with E-state index < -0.39 is 0 Å². The molecule has 9 heavy (non-hydrogen) atoms. The fraction of sp³-hybridized carbons (Fsp3) is 0.125. The zero-order chi connectivity index (χ0) is 6.69. The maximum absolute atomic E-state index is 4.95. The van der Waals surface area contributed by atoms with Gasteiger partial charge in [-0.15, -0.1) is 0 Å². The summed E-state index contributed by atoms with van der Waals surface area (Å²) in [6.45, 7) is 1.95. The van der Waals surface area contributed by atoms with Crippen LogP contribution in [0.25, 0.3) is 0 Å². The van der Waals surface area contributed by atoms with Gasteiger partial charge in [0, 0.05) is 0 Å². The first-order valence-corrected chi connectivity index (χ1v) is 2.77. The van der Waals surface area contributed by atoms with E-state index in [1.807, 2.05) is 31.2 Å². The van der Waals surface area contributed by atoms with Crippen molar-refractivity contribution in [2.75, 3.05) is 0 Å². The predicted molar refractivity (Wildman–Crippen MR) is 36.1 cm³/mol. The van der Waals surface area contributed by atoms with Crippen molar-refractivity contribution >= 4 is 0 Å². The molecule has 2 radical (unpaired) electrons. The van der Waals surface area contributed by atoms with Crippen molar-refractivity contribution in [3.05, 3.63) is 36.9 Å². The molecule has 0 N–H and O–H groups in total. The molecule has 0 fully saturated rings. The van der Waals surface area contributed by atoms with E-state index in [2.05, 4.69) is 4.74 Å². The first kappa shape index (κ1) is 6.14. The zero-order valence-electron chi connectivity index (χ0n) is 5.29. The molecule has 0 bridgehead atoms. The van der Waals surface area contributed by atoms with Gasteiger partial charge >= 0.3 is 0 Å². The molecule has 1 heteroatoms. The molecular formula is C8H8O. The second-order valence-corrected chi connectivity index (χ2v) is 1.88. The molecule has 0 saturated carbocycles. The van der Waals surface area contributed by atoms with Crippen LogP contribution >= 0.6 is 0 Å². The lowest BCUT2D eigenvalue weighted by atomic mass is 10.2. The van der Waals surface area contributed by atoms with Crippen LogP contribution in [0.2, 0.25) is 0 Å². The number of rotatable bonds is 1. The number of hydrogen-bond acceptors (Lipinski definition) is 1. The van der Waals surface area contributed by atoms with Gasteiger partial charge in [0.05, 0.1) is 0 Å². The number of para-hydroxylation sites is 1. The Labute approximate surface area is 55.3 Å². The van der Waals surface area contributed by atoms with E-state index in [1.165, 1.54) is 0 Å². The smallest absolute Gasteiger partial charge is 0.180 e. The molecule has 0 aliphatic heterocycles. The van der Waals surface area contributed by atoms with E-state index in [-0.39, 0.29) is 0 Å². The lowest BCUT2D eigenvalue weighted by Crippen LogP contribution is -1.81. The van der Waals surface area contributed by atoms with Crippen LogP contribution in [0.1, 0.15) is 5.56 Å². The molecule has 0 unspecified atom stereocenters. The highest BCUT2D eigenvalue weighted by Crippen LogP contribution is 2.14. The van der Waals surface area contributed by atoms with Gasteiger partial charge in [0.2, 0.25) is 0 Å². The molecule has 46 valence electrons. The molecule has 1 nitrogen and oxygen atoms in total. The van der Waals surface area contributed by atoms with Crippen molar-refractivity contribution in [1.82, 2.24) is 0 Å². The fourth-order valence-electron chi connectivity index (χ4n) is 0.689. The molecule has 0 aliphatic carbocycles. The van der Waals surface area contributed by atoms with E-state index in [1.54, 1.807) is 0 Å². The number of benzene rings is 1. The molecule has 0 aliphatic rings. The van der Waals surface area contributed by atoms with Crippen LogP contribution in [0.3, 0.4) is 0 Å². The first-order chi connectivity index (χ1) is 4.34. The lowest BCUT2D eigenvalue weighted by molar-refractivity contribution is 0.469. The Morgan fingerprint density at radius 2 is 2.00 bits per heavy atom. The van der Waals surface area contributed by atoms with Gasteiger partial charge in [0.25, 0.3) is 0 Å². The molecule has 0 aromatic heterocycles. The van der Waals surface area contributed by atoms with Crippen molar-refractivity contribution in [1.29, 1.82) is 0 Å². The minimum absolute atomic E-state index is 0.734. The van der Waals surface area contributed by atoms with Gasteiger partial charge in [-0.1, -0.05) is 18.2 Å². The summed E-state index contributed by atoms with van der Waals surface area (Å²) in [6, 6.07) is 7.60. The molecule has 0 heterocycles. The second kappa shape index (κ2) is 2.53. The SMILES string of the molecule is [CH]Oc1ccccc1C. The van der Waals surface area contributed by atoms with E-state index >= 15 is 0 Å². The quantitative estimate of drug-likeness (QED) is 0.551. The van der Waals surface area contributed by atoms with Gasteiger partial charge in [-0.25, -0.2) is 0 Å². The minimum Gasteiger partial charge on any atom is -0.482 e. The van der Waals surface area contributed by atoms with Gasteiger partial charge in [0.15, 0.2) is 7.11 Å². The third kappa shape index (κ3) is 1.22. The van der Waals surface area contributed by atoms with E-state index in [0.29, 0.717) is 0 Å². The molecule has 0 atom stereocenters. The summed E-state index contributed by atoms with van der Waals surface area (Å²) < 4.78 is 4.54. The van der Waals surface area contributed by atoms with Gasteiger partial charge < -0.3 is 4.74 Å². The number of ether oxygens (including phenoxy) is 1. The van der Waals surface area contributed by atoms with Crippen LogP contribution in [0.4, 0.5) is 0 Å². The zero-order valence-corrected chi connectivity index (χ0v) is 5.29. The summed E-state index contributed by atoms with van der Waals surface area (Å²) in [4.78, 5) is 0. The van der Waals surface area contributed by atoms with E-state index in [4.69, 9.17) is 7.11 Å². The molecule has 0 amide bonds. The van der Waals surface area contributed by atoms with Crippen LogP contribution < -0.4 is 4.74 Å². The summed E-state index contributed by atoms with van der Waals surface area (Å²) >= 11 is 0. The summed E-state index contributed by atoms with van der Waals surface area (Å²) in [5, 5.41) is 0. The van der Waals surface area contributed by atoms with Crippen molar-refractivity contribution in [2.24, 2.45) is 0 Å². The molecule has 1 rings (SSSR count). The Bertz CT molecular complexity index is 194. The van der Waals surface area contributed by atoms with Crippen LogP contribution in [-0.2, 0) is 0 Å². The lowest BCUT2D eigenvalue weighted by Gasteiger charge is -1.99. The van der Waals surface area contributed by atoms with Gasteiger partial charge in [-0.3, -0.25) is 0 Å². The van der Waals surface area contributed by atoms with E-state index in [9.17, 15) is 0 Å².